The van der Waals surface area contributed by atoms with Crippen molar-refractivity contribution in [2.45, 2.75) is 31.7 Å². The van der Waals surface area contributed by atoms with Crippen LogP contribution in [0.25, 0.3) is 10.9 Å². The SMILES string of the molecule is CN(C)c1nc(NCC2CCC(NC(=O)c3cccs3)CC2)nc2ccccc12. The summed E-state index contributed by atoms with van der Waals surface area (Å²) in [6, 6.07) is 12.2. The molecule has 0 bridgehead atoms. The van der Waals surface area contributed by atoms with Gasteiger partial charge in [0.1, 0.15) is 5.82 Å². The third-order valence-corrected chi connectivity index (χ3v) is 6.35. The number of thiophene rings is 1. The monoisotopic (exact) mass is 409 g/mol. The summed E-state index contributed by atoms with van der Waals surface area (Å²) in [6.45, 7) is 0.858. The van der Waals surface area contributed by atoms with Crippen LogP contribution in [-0.4, -0.2) is 42.6 Å². The molecule has 2 N–H and O–H groups in total. The molecule has 0 aliphatic heterocycles. The lowest BCUT2D eigenvalue weighted by atomic mass is 9.86. The Labute approximate surface area is 175 Å². The van der Waals surface area contributed by atoms with Crippen LogP contribution in [-0.2, 0) is 0 Å². The Morgan fingerprint density at radius 3 is 2.62 bits per heavy atom. The van der Waals surface area contributed by atoms with Gasteiger partial charge in [0.2, 0.25) is 5.95 Å². The third-order valence-electron chi connectivity index (χ3n) is 5.48. The van der Waals surface area contributed by atoms with Gasteiger partial charge in [-0.15, -0.1) is 11.3 Å². The number of benzene rings is 1. The van der Waals surface area contributed by atoms with Crippen LogP contribution in [0.15, 0.2) is 41.8 Å². The average Bonchev–Trinajstić information content (AvgIpc) is 3.27. The second-order valence-electron chi connectivity index (χ2n) is 7.83. The van der Waals surface area contributed by atoms with Gasteiger partial charge in [-0.05, 0) is 55.2 Å². The number of rotatable bonds is 6. The minimum atomic E-state index is 0.0577. The fourth-order valence-electron chi connectivity index (χ4n) is 3.89. The van der Waals surface area contributed by atoms with Crippen molar-refractivity contribution < 1.29 is 4.79 Å². The maximum atomic E-state index is 12.2. The molecule has 2 aromatic heterocycles. The van der Waals surface area contributed by atoms with Crippen molar-refractivity contribution in [1.29, 1.82) is 0 Å². The smallest absolute Gasteiger partial charge is 0.261 e. The molecular weight excluding hydrogens is 382 g/mol. The predicted molar refractivity (Wildman–Crippen MR) is 120 cm³/mol. The number of amides is 1. The van der Waals surface area contributed by atoms with E-state index in [1.54, 1.807) is 0 Å². The van der Waals surface area contributed by atoms with E-state index in [0.717, 1.165) is 53.8 Å². The highest BCUT2D eigenvalue weighted by molar-refractivity contribution is 7.12. The molecule has 1 amide bonds. The Hall–Kier alpha value is -2.67. The van der Waals surface area contributed by atoms with Crippen LogP contribution < -0.4 is 15.5 Å². The van der Waals surface area contributed by atoms with Crippen LogP contribution in [0, 0.1) is 5.92 Å². The molecule has 1 fully saturated rings. The molecule has 3 aromatic rings. The molecule has 2 heterocycles. The highest BCUT2D eigenvalue weighted by Crippen LogP contribution is 2.27. The predicted octanol–water partition coefficient (Wildman–Crippen LogP) is 4.16. The van der Waals surface area contributed by atoms with Gasteiger partial charge in [0.15, 0.2) is 0 Å². The molecule has 1 aliphatic rings. The van der Waals surface area contributed by atoms with Crippen LogP contribution in [0.4, 0.5) is 11.8 Å². The average molecular weight is 410 g/mol. The molecule has 0 spiro atoms. The van der Waals surface area contributed by atoms with Crippen molar-refractivity contribution in [3.8, 4) is 0 Å². The number of fused-ring (bicyclic) bond motifs is 1. The molecule has 6 nitrogen and oxygen atoms in total. The summed E-state index contributed by atoms with van der Waals surface area (Å²) in [5, 5.41) is 9.62. The topological polar surface area (TPSA) is 70.2 Å². The van der Waals surface area contributed by atoms with E-state index >= 15 is 0 Å². The lowest BCUT2D eigenvalue weighted by Gasteiger charge is -2.29. The van der Waals surface area contributed by atoms with Crippen molar-refractivity contribution in [3.63, 3.8) is 0 Å². The molecule has 4 rings (SSSR count). The van der Waals surface area contributed by atoms with Crippen molar-refractivity contribution in [2.24, 2.45) is 5.92 Å². The number of aromatic nitrogens is 2. The zero-order valence-electron chi connectivity index (χ0n) is 16.9. The summed E-state index contributed by atoms with van der Waals surface area (Å²) in [5.41, 5.74) is 0.952. The summed E-state index contributed by atoms with van der Waals surface area (Å²) in [7, 11) is 4.01. The largest absolute Gasteiger partial charge is 0.362 e. The van der Waals surface area contributed by atoms with Crippen LogP contribution in [0.3, 0.4) is 0 Å². The molecule has 0 atom stereocenters. The lowest BCUT2D eigenvalue weighted by Crippen LogP contribution is -2.38. The standard InChI is InChI=1S/C22H27N5OS/c1-27(2)20-17-6-3-4-7-18(17)25-22(26-20)23-14-15-9-11-16(12-10-15)24-21(28)19-8-5-13-29-19/h3-8,13,15-16H,9-12,14H2,1-2H3,(H,24,28)(H,23,25,26). The molecule has 1 aliphatic carbocycles. The molecule has 1 saturated carbocycles. The summed E-state index contributed by atoms with van der Waals surface area (Å²) in [5.74, 6) is 2.24. The van der Waals surface area contributed by atoms with E-state index in [9.17, 15) is 4.79 Å². The van der Waals surface area contributed by atoms with Crippen molar-refractivity contribution in [1.82, 2.24) is 15.3 Å². The molecule has 29 heavy (non-hydrogen) atoms. The Bertz CT molecular complexity index is 965. The van der Waals surface area contributed by atoms with E-state index in [1.807, 2.05) is 54.7 Å². The number of anilines is 2. The van der Waals surface area contributed by atoms with Crippen LogP contribution in [0.5, 0.6) is 0 Å². The van der Waals surface area contributed by atoms with E-state index in [1.165, 1.54) is 11.3 Å². The number of hydrogen-bond donors (Lipinski definition) is 2. The number of carbonyl (C=O) groups is 1. The zero-order chi connectivity index (χ0) is 20.2. The molecule has 0 radical (unpaired) electrons. The van der Waals surface area contributed by atoms with E-state index in [0.29, 0.717) is 11.9 Å². The Morgan fingerprint density at radius 2 is 1.90 bits per heavy atom. The summed E-state index contributed by atoms with van der Waals surface area (Å²) in [6.07, 6.45) is 4.23. The first kappa shape index (κ1) is 19.6. The Balaban J connectivity index is 1.32. The first-order valence-electron chi connectivity index (χ1n) is 10.1. The lowest BCUT2D eigenvalue weighted by molar-refractivity contribution is 0.0927. The normalized spacial score (nSPS) is 19.1. The number of hydrogen-bond acceptors (Lipinski definition) is 6. The molecule has 0 saturated heterocycles. The van der Waals surface area contributed by atoms with Gasteiger partial charge in [-0.3, -0.25) is 4.79 Å². The number of nitrogens with one attached hydrogen (secondary N) is 2. The van der Waals surface area contributed by atoms with E-state index < -0.39 is 0 Å². The van der Waals surface area contributed by atoms with Gasteiger partial charge in [-0.1, -0.05) is 18.2 Å². The second kappa shape index (κ2) is 8.78. The molecule has 152 valence electrons. The van der Waals surface area contributed by atoms with Crippen LogP contribution in [0.2, 0.25) is 0 Å². The molecule has 1 aromatic carbocycles. The first-order valence-corrected chi connectivity index (χ1v) is 11.0. The van der Waals surface area contributed by atoms with Gasteiger partial charge >= 0.3 is 0 Å². The maximum absolute atomic E-state index is 12.2. The summed E-state index contributed by atoms with van der Waals surface area (Å²) < 4.78 is 0. The van der Waals surface area contributed by atoms with Crippen LogP contribution >= 0.6 is 11.3 Å². The van der Waals surface area contributed by atoms with Crippen molar-refractivity contribution >= 4 is 39.9 Å². The zero-order valence-corrected chi connectivity index (χ0v) is 17.7. The highest BCUT2D eigenvalue weighted by atomic mass is 32.1. The minimum Gasteiger partial charge on any atom is -0.362 e. The van der Waals surface area contributed by atoms with Gasteiger partial charge in [-0.25, -0.2) is 4.98 Å². The number of nitrogens with zero attached hydrogens (tertiary/aromatic N) is 3. The molecule has 0 unspecified atom stereocenters. The number of para-hydroxylation sites is 1. The first-order chi connectivity index (χ1) is 14.1. The fourth-order valence-corrected chi connectivity index (χ4v) is 4.52. The van der Waals surface area contributed by atoms with E-state index in [-0.39, 0.29) is 11.9 Å². The third kappa shape index (κ3) is 4.67. The fraction of sp³-hybridized carbons (Fsp3) is 0.409. The summed E-state index contributed by atoms with van der Waals surface area (Å²) >= 11 is 1.49. The summed E-state index contributed by atoms with van der Waals surface area (Å²) in [4.78, 5) is 24.4. The minimum absolute atomic E-state index is 0.0577. The Kier molecular flexibility index (Phi) is 5.94. The van der Waals surface area contributed by atoms with Gasteiger partial charge in [-0.2, -0.15) is 4.98 Å². The van der Waals surface area contributed by atoms with Gasteiger partial charge in [0.05, 0.1) is 10.4 Å². The van der Waals surface area contributed by atoms with Crippen molar-refractivity contribution in [3.05, 3.63) is 46.7 Å². The van der Waals surface area contributed by atoms with Gasteiger partial charge in [0, 0.05) is 32.1 Å². The second-order valence-corrected chi connectivity index (χ2v) is 8.78. The highest BCUT2D eigenvalue weighted by Gasteiger charge is 2.23. The van der Waals surface area contributed by atoms with E-state index in [4.69, 9.17) is 4.98 Å². The number of carbonyl (C=O) groups excluding carboxylic acids is 1. The molecule has 7 heteroatoms. The van der Waals surface area contributed by atoms with Crippen LogP contribution in [0.1, 0.15) is 35.4 Å². The van der Waals surface area contributed by atoms with Gasteiger partial charge in [0.25, 0.3) is 5.91 Å². The van der Waals surface area contributed by atoms with Crippen molar-refractivity contribution in [2.75, 3.05) is 30.9 Å². The maximum Gasteiger partial charge on any atom is 0.261 e. The quantitative estimate of drug-likeness (QED) is 0.640. The van der Waals surface area contributed by atoms with E-state index in [2.05, 4.69) is 21.7 Å². The Morgan fingerprint density at radius 1 is 1.10 bits per heavy atom. The van der Waals surface area contributed by atoms with Gasteiger partial charge < -0.3 is 15.5 Å². The molecular formula is C22H27N5OS.